The minimum Gasteiger partial charge on any atom is -0.371 e. The molecular weight excluding hydrogens is 298 g/mol. The van der Waals surface area contributed by atoms with Crippen LogP contribution < -0.4 is 4.90 Å². The first-order valence-electron chi connectivity index (χ1n) is 9.85. The second kappa shape index (κ2) is 7.12. The molecule has 0 unspecified atom stereocenters. The molecule has 0 bridgehead atoms. The van der Waals surface area contributed by atoms with Crippen LogP contribution in [0.5, 0.6) is 0 Å². The van der Waals surface area contributed by atoms with Gasteiger partial charge < -0.3 is 9.80 Å². The van der Waals surface area contributed by atoms with E-state index in [1.165, 1.54) is 80.5 Å². The third kappa shape index (κ3) is 3.15. The highest BCUT2D eigenvalue weighted by atomic mass is 16.2. The molecule has 4 rings (SSSR count). The molecule has 0 spiro atoms. The van der Waals surface area contributed by atoms with Gasteiger partial charge in [0.15, 0.2) is 0 Å². The maximum absolute atomic E-state index is 12.3. The second-order valence-corrected chi connectivity index (χ2v) is 7.55. The summed E-state index contributed by atoms with van der Waals surface area (Å²) in [7, 11) is 0. The number of aryl methyl sites for hydroxylation is 2. The lowest BCUT2D eigenvalue weighted by Gasteiger charge is -2.37. The number of nitrogens with zero attached hydrogens (tertiary/aromatic N) is 3. The SMILES string of the molecule is O=C(CCCc1ncc2c3c1CCCN3CCC2)N1CCCCC1. The summed E-state index contributed by atoms with van der Waals surface area (Å²) in [6, 6.07) is 0. The molecular formula is C20H29N3O. The fourth-order valence-corrected chi connectivity index (χ4v) is 4.63. The summed E-state index contributed by atoms with van der Waals surface area (Å²) in [5, 5.41) is 0. The predicted molar refractivity (Wildman–Crippen MR) is 96.5 cm³/mol. The van der Waals surface area contributed by atoms with Crippen LogP contribution in [0.15, 0.2) is 6.20 Å². The Bertz CT molecular complexity index is 605. The summed E-state index contributed by atoms with van der Waals surface area (Å²) < 4.78 is 0. The molecule has 130 valence electrons. The average Bonchev–Trinajstić information content (AvgIpc) is 2.64. The van der Waals surface area contributed by atoms with Crippen LogP contribution in [0.2, 0.25) is 0 Å². The first-order valence-corrected chi connectivity index (χ1v) is 9.85. The summed E-state index contributed by atoms with van der Waals surface area (Å²) in [5.74, 6) is 0.350. The maximum Gasteiger partial charge on any atom is 0.222 e. The zero-order valence-corrected chi connectivity index (χ0v) is 14.7. The number of carbonyl (C=O) groups excluding carboxylic acids is 1. The molecule has 3 aliphatic heterocycles. The topological polar surface area (TPSA) is 36.4 Å². The zero-order chi connectivity index (χ0) is 16.4. The molecule has 3 aliphatic rings. The Balaban J connectivity index is 1.40. The number of carbonyl (C=O) groups is 1. The summed E-state index contributed by atoms with van der Waals surface area (Å²) in [6.45, 7) is 4.35. The van der Waals surface area contributed by atoms with Crippen molar-refractivity contribution in [1.82, 2.24) is 9.88 Å². The normalized spacial score (nSPS) is 20.0. The van der Waals surface area contributed by atoms with Gasteiger partial charge >= 0.3 is 0 Å². The summed E-state index contributed by atoms with van der Waals surface area (Å²) in [5.41, 5.74) is 5.69. The minimum atomic E-state index is 0.350. The first-order chi connectivity index (χ1) is 11.8. The van der Waals surface area contributed by atoms with Crippen molar-refractivity contribution in [1.29, 1.82) is 0 Å². The van der Waals surface area contributed by atoms with Crippen LogP contribution in [0.25, 0.3) is 0 Å². The molecule has 0 aliphatic carbocycles. The molecule has 1 aromatic rings. The number of amides is 1. The standard InChI is InChI=1S/C20H29N3O/c24-19(22-11-2-1-3-12-22)10-4-9-18-17-8-6-14-23-13-5-7-16(15-21-18)20(17)23/h15H,1-14H2. The van der Waals surface area contributed by atoms with Gasteiger partial charge in [0.05, 0.1) is 0 Å². The molecule has 0 aromatic carbocycles. The van der Waals surface area contributed by atoms with Crippen LogP contribution in [-0.2, 0) is 24.1 Å². The van der Waals surface area contributed by atoms with Crippen molar-refractivity contribution in [3.8, 4) is 0 Å². The van der Waals surface area contributed by atoms with Crippen molar-refractivity contribution in [3.63, 3.8) is 0 Å². The van der Waals surface area contributed by atoms with Gasteiger partial charge in [-0.15, -0.1) is 0 Å². The van der Waals surface area contributed by atoms with Gasteiger partial charge in [0, 0.05) is 50.2 Å². The van der Waals surface area contributed by atoms with Crippen LogP contribution in [0.4, 0.5) is 5.69 Å². The van der Waals surface area contributed by atoms with E-state index in [0.717, 1.165) is 25.9 Å². The van der Waals surface area contributed by atoms with Gasteiger partial charge in [-0.1, -0.05) is 0 Å². The molecule has 24 heavy (non-hydrogen) atoms. The lowest BCUT2D eigenvalue weighted by Crippen LogP contribution is -2.36. The van der Waals surface area contributed by atoms with Gasteiger partial charge in [0.1, 0.15) is 0 Å². The highest BCUT2D eigenvalue weighted by Gasteiger charge is 2.26. The number of likely N-dealkylation sites (tertiary alicyclic amines) is 1. The van der Waals surface area contributed by atoms with E-state index < -0.39 is 0 Å². The number of rotatable bonds is 4. The molecule has 0 saturated carbocycles. The monoisotopic (exact) mass is 327 g/mol. The molecule has 0 N–H and O–H groups in total. The van der Waals surface area contributed by atoms with Gasteiger partial charge in [-0.2, -0.15) is 0 Å². The Morgan fingerprint density at radius 2 is 1.79 bits per heavy atom. The van der Waals surface area contributed by atoms with Gasteiger partial charge in [0.25, 0.3) is 0 Å². The minimum absolute atomic E-state index is 0.350. The van der Waals surface area contributed by atoms with Gasteiger partial charge in [-0.05, 0) is 68.9 Å². The van der Waals surface area contributed by atoms with E-state index in [1.807, 2.05) is 0 Å². The average molecular weight is 327 g/mol. The van der Waals surface area contributed by atoms with E-state index in [2.05, 4.69) is 16.0 Å². The van der Waals surface area contributed by atoms with E-state index in [0.29, 0.717) is 12.3 Å². The molecule has 4 heteroatoms. The summed E-state index contributed by atoms with van der Waals surface area (Å²) >= 11 is 0. The molecule has 1 aromatic heterocycles. The molecule has 1 amide bonds. The molecule has 1 saturated heterocycles. The third-order valence-corrected chi connectivity index (χ3v) is 5.87. The lowest BCUT2D eigenvalue weighted by atomic mass is 9.91. The molecule has 4 nitrogen and oxygen atoms in total. The number of aromatic nitrogens is 1. The van der Waals surface area contributed by atoms with Gasteiger partial charge in [-0.3, -0.25) is 9.78 Å². The Morgan fingerprint density at radius 3 is 2.62 bits per heavy atom. The fourth-order valence-electron chi connectivity index (χ4n) is 4.63. The largest absolute Gasteiger partial charge is 0.371 e. The smallest absolute Gasteiger partial charge is 0.222 e. The number of hydrogen-bond acceptors (Lipinski definition) is 3. The number of pyridine rings is 1. The maximum atomic E-state index is 12.3. The first kappa shape index (κ1) is 15.9. The van der Waals surface area contributed by atoms with Crippen molar-refractivity contribution in [2.75, 3.05) is 31.1 Å². The van der Waals surface area contributed by atoms with Gasteiger partial charge in [0.2, 0.25) is 5.91 Å². The van der Waals surface area contributed by atoms with Crippen LogP contribution in [-0.4, -0.2) is 42.0 Å². The third-order valence-electron chi connectivity index (χ3n) is 5.87. The van der Waals surface area contributed by atoms with E-state index >= 15 is 0 Å². The van der Waals surface area contributed by atoms with E-state index in [9.17, 15) is 4.79 Å². The van der Waals surface area contributed by atoms with Crippen molar-refractivity contribution in [2.24, 2.45) is 0 Å². The Kier molecular flexibility index (Phi) is 4.72. The molecule has 0 atom stereocenters. The second-order valence-electron chi connectivity index (χ2n) is 7.55. The summed E-state index contributed by atoms with van der Waals surface area (Å²) in [4.78, 5) is 21.8. The van der Waals surface area contributed by atoms with E-state index in [1.54, 1.807) is 0 Å². The zero-order valence-electron chi connectivity index (χ0n) is 14.7. The Morgan fingerprint density at radius 1 is 1.00 bits per heavy atom. The highest BCUT2D eigenvalue weighted by molar-refractivity contribution is 5.76. The van der Waals surface area contributed by atoms with Crippen LogP contribution >= 0.6 is 0 Å². The molecule has 1 fully saturated rings. The van der Waals surface area contributed by atoms with Crippen LogP contribution in [0.3, 0.4) is 0 Å². The summed E-state index contributed by atoms with van der Waals surface area (Å²) in [6.07, 6.45) is 13.2. The quantitative estimate of drug-likeness (QED) is 0.852. The number of piperidine rings is 1. The number of hydrogen-bond donors (Lipinski definition) is 0. The Labute approximate surface area is 145 Å². The number of anilines is 1. The van der Waals surface area contributed by atoms with Crippen LogP contribution in [0, 0.1) is 0 Å². The lowest BCUT2D eigenvalue weighted by molar-refractivity contribution is -0.132. The molecule has 0 radical (unpaired) electrons. The van der Waals surface area contributed by atoms with Crippen LogP contribution in [0.1, 0.15) is 61.8 Å². The van der Waals surface area contributed by atoms with Crippen molar-refractivity contribution in [2.45, 2.75) is 64.2 Å². The van der Waals surface area contributed by atoms with Crippen molar-refractivity contribution < 1.29 is 4.79 Å². The van der Waals surface area contributed by atoms with E-state index in [4.69, 9.17) is 4.98 Å². The fraction of sp³-hybridized carbons (Fsp3) is 0.700. The van der Waals surface area contributed by atoms with Crippen molar-refractivity contribution >= 4 is 11.6 Å². The molecule has 4 heterocycles. The predicted octanol–water partition coefficient (Wildman–Crippen LogP) is 3.12. The van der Waals surface area contributed by atoms with E-state index in [-0.39, 0.29) is 0 Å². The van der Waals surface area contributed by atoms with Gasteiger partial charge in [-0.25, -0.2) is 0 Å². The van der Waals surface area contributed by atoms with Crippen molar-refractivity contribution in [3.05, 3.63) is 23.0 Å². The Hall–Kier alpha value is -1.58. The highest BCUT2D eigenvalue weighted by Crippen LogP contribution is 2.36.